The van der Waals surface area contributed by atoms with E-state index in [0.717, 1.165) is 47.6 Å². The maximum atomic E-state index is 12.5. The lowest BCUT2D eigenvalue weighted by molar-refractivity contribution is 0.0600. The summed E-state index contributed by atoms with van der Waals surface area (Å²) in [4.78, 5) is 26.3. The molecule has 6 heteroatoms. The van der Waals surface area contributed by atoms with Crippen LogP contribution in [0, 0.1) is 13.8 Å². The smallest absolute Gasteiger partial charge is 0.338 e. The van der Waals surface area contributed by atoms with Crippen molar-refractivity contribution >= 4 is 11.7 Å². The van der Waals surface area contributed by atoms with E-state index in [1.165, 1.54) is 20.0 Å². The standard InChI is InChI=1S/C24H34N4O2/c1-7-28(20-10-8-19(9-11-20)27(4)5)23-13-18(22-15-25-16(2)14-26-22)12-21(17(23)3)24(29)30-6/h12-15,19-20H,7-11H2,1-6H3/t19-,20-. The molecular formula is C24H34N4O2. The molecule has 162 valence electrons. The summed E-state index contributed by atoms with van der Waals surface area (Å²) >= 11 is 0. The molecule has 0 atom stereocenters. The number of hydrogen-bond acceptors (Lipinski definition) is 6. The molecule has 1 aromatic heterocycles. The van der Waals surface area contributed by atoms with E-state index in [9.17, 15) is 4.79 Å². The number of methoxy groups -OCH3 is 1. The highest BCUT2D eigenvalue weighted by molar-refractivity contribution is 5.95. The lowest BCUT2D eigenvalue weighted by atomic mass is 9.88. The summed E-state index contributed by atoms with van der Waals surface area (Å²) in [5.74, 6) is -0.317. The molecule has 2 aromatic rings. The topological polar surface area (TPSA) is 58.6 Å². The van der Waals surface area contributed by atoms with Crippen molar-refractivity contribution in [2.45, 2.75) is 58.5 Å². The second-order valence-corrected chi connectivity index (χ2v) is 8.41. The highest BCUT2D eigenvalue weighted by Gasteiger charge is 2.28. The lowest BCUT2D eigenvalue weighted by Crippen LogP contribution is -2.42. The van der Waals surface area contributed by atoms with Gasteiger partial charge in [0, 0.05) is 36.1 Å². The fraction of sp³-hybridized carbons (Fsp3) is 0.542. The summed E-state index contributed by atoms with van der Waals surface area (Å²) in [6.07, 6.45) is 8.22. The number of aryl methyl sites for hydroxylation is 1. The molecule has 0 aliphatic heterocycles. The van der Waals surface area contributed by atoms with E-state index in [1.807, 2.05) is 19.9 Å². The van der Waals surface area contributed by atoms with E-state index in [-0.39, 0.29) is 5.97 Å². The Hall–Kier alpha value is -2.47. The quantitative estimate of drug-likeness (QED) is 0.664. The van der Waals surface area contributed by atoms with E-state index < -0.39 is 0 Å². The third kappa shape index (κ3) is 4.64. The molecule has 1 aliphatic carbocycles. The Balaban J connectivity index is 2.02. The summed E-state index contributed by atoms with van der Waals surface area (Å²) in [7, 11) is 5.77. The van der Waals surface area contributed by atoms with Crippen molar-refractivity contribution in [3.05, 3.63) is 41.3 Å². The van der Waals surface area contributed by atoms with Crippen molar-refractivity contribution in [1.29, 1.82) is 0 Å². The number of benzene rings is 1. The third-order valence-corrected chi connectivity index (χ3v) is 6.35. The number of hydrogen-bond donors (Lipinski definition) is 0. The molecule has 6 nitrogen and oxygen atoms in total. The van der Waals surface area contributed by atoms with Crippen LogP contribution in [0.5, 0.6) is 0 Å². The van der Waals surface area contributed by atoms with Gasteiger partial charge in [0.2, 0.25) is 0 Å². The van der Waals surface area contributed by atoms with Crippen LogP contribution in [0.4, 0.5) is 5.69 Å². The number of aromatic nitrogens is 2. The van der Waals surface area contributed by atoms with Gasteiger partial charge in [0.05, 0.1) is 30.3 Å². The molecule has 0 saturated heterocycles. The Kier molecular flexibility index (Phi) is 7.08. The van der Waals surface area contributed by atoms with Crippen molar-refractivity contribution < 1.29 is 9.53 Å². The van der Waals surface area contributed by atoms with Crippen LogP contribution in [0.25, 0.3) is 11.3 Å². The van der Waals surface area contributed by atoms with Crippen molar-refractivity contribution in [2.24, 2.45) is 0 Å². The molecule has 0 amide bonds. The number of esters is 1. The van der Waals surface area contributed by atoms with Gasteiger partial charge in [0.15, 0.2) is 0 Å². The van der Waals surface area contributed by atoms with Crippen LogP contribution < -0.4 is 4.90 Å². The Morgan fingerprint density at radius 2 is 1.73 bits per heavy atom. The number of anilines is 1. The van der Waals surface area contributed by atoms with Crippen LogP contribution in [-0.2, 0) is 4.74 Å². The van der Waals surface area contributed by atoms with Gasteiger partial charge in [-0.3, -0.25) is 9.97 Å². The van der Waals surface area contributed by atoms with Gasteiger partial charge in [-0.2, -0.15) is 0 Å². The van der Waals surface area contributed by atoms with Gasteiger partial charge in [-0.1, -0.05) is 0 Å². The molecule has 1 aromatic carbocycles. The van der Waals surface area contributed by atoms with Crippen LogP contribution in [-0.4, -0.2) is 60.7 Å². The molecule has 1 fully saturated rings. The van der Waals surface area contributed by atoms with Gasteiger partial charge in [0.1, 0.15) is 0 Å². The van der Waals surface area contributed by atoms with Gasteiger partial charge in [-0.05, 0) is 78.2 Å². The van der Waals surface area contributed by atoms with Crippen LogP contribution in [0.1, 0.15) is 54.2 Å². The minimum Gasteiger partial charge on any atom is -0.465 e. The first-order valence-corrected chi connectivity index (χ1v) is 10.8. The van der Waals surface area contributed by atoms with E-state index in [0.29, 0.717) is 17.6 Å². The molecule has 1 heterocycles. The van der Waals surface area contributed by atoms with Crippen LogP contribution >= 0.6 is 0 Å². The first-order valence-electron chi connectivity index (χ1n) is 10.8. The summed E-state index contributed by atoms with van der Waals surface area (Å²) in [5.41, 5.74) is 5.16. The van der Waals surface area contributed by atoms with Gasteiger partial charge < -0.3 is 14.5 Å². The maximum Gasteiger partial charge on any atom is 0.338 e. The number of nitrogens with zero attached hydrogens (tertiary/aromatic N) is 4. The third-order valence-electron chi connectivity index (χ3n) is 6.35. The monoisotopic (exact) mass is 410 g/mol. The molecule has 30 heavy (non-hydrogen) atoms. The summed E-state index contributed by atoms with van der Waals surface area (Å²) < 4.78 is 5.08. The van der Waals surface area contributed by atoms with Crippen LogP contribution in [0.3, 0.4) is 0 Å². The average Bonchev–Trinajstić information content (AvgIpc) is 2.75. The highest BCUT2D eigenvalue weighted by Crippen LogP contribution is 2.35. The SMILES string of the molecule is CCN(c1cc(-c2cnc(C)cn2)cc(C(=O)OC)c1C)[C@H]1CC[C@H](N(C)C)CC1. The summed E-state index contributed by atoms with van der Waals surface area (Å²) in [5, 5.41) is 0. The molecule has 0 spiro atoms. The molecule has 1 saturated carbocycles. The van der Waals surface area contributed by atoms with Gasteiger partial charge >= 0.3 is 5.97 Å². The molecule has 0 bridgehead atoms. The Morgan fingerprint density at radius 3 is 2.27 bits per heavy atom. The van der Waals surface area contributed by atoms with Crippen molar-refractivity contribution in [1.82, 2.24) is 14.9 Å². The molecule has 3 rings (SSSR count). The van der Waals surface area contributed by atoms with Gasteiger partial charge in [-0.15, -0.1) is 0 Å². The van der Waals surface area contributed by atoms with Crippen molar-refractivity contribution in [3.8, 4) is 11.3 Å². The number of rotatable bonds is 6. The minimum atomic E-state index is -0.317. The fourth-order valence-electron chi connectivity index (χ4n) is 4.52. The van der Waals surface area contributed by atoms with Crippen molar-refractivity contribution in [3.63, 3.8) is 0 Å². The predicted molar refractivity (Wildman–Crippen MR) is 121 cm³/mol. The number of ether oxygens (including phenoxy) is 1. The van der Waals surface area contributed by atoms with E-state index in [2.05, 4.69) is 46.9 Å². The van der Waals surface area contributed by atoms with Crippen LogP contribution in [0.15, 0.2) is 24.5 Å². The first-order chi connectivity index (χ1) is 14.3. The molecular weight excluding hydrogens is 376 g/mol. The zero-order chi connectivity index (χ0) is 21.8. The highest BCUT2D eigenvalue weighted by atomic mass is 16.5. The number of carbonyl (C=O) groups is 1. The minimum absolute atomic E-state index is 0.317. The van der Waals surface area contributed by atoms with Gasteiger partial charge in [0.25, 0.3) is 0 Å². The van der Waals surface area contributed by atoms with Crippen LogP contribution in [0.2, 0.25) is 0 Å². The summed E-state index contributed by atoms with van der Waals surface area (Å²) in [6.45, 7) is 7.01. The summed E-state index contributed by atoms with van der Waals surface area (Å²) in [6, 6.07) is 5.15. The zero-order valence-corrected chi connectivity index (χ0v) is 19.1. The number of carbonyl (C=O) groups excluding carboxylic acids is 1. The van der Waals surface area contributed by atoms with E-state index >= 15 is 0 Å². The van der Waals surface area contributed by atoms with E-state index in [1.54, 1.807) is 12.4 Å². The second kappa shape index (κ2) is 9.56. The second-order valence-electron chi connectivity index (χ2n) is 8.41. The van der Waals surface area contributed by atoms with Crippen molar-refractivity contribution in [2.75, 3.05) is 32.6 Å². The zero-order valence-electron chi connectivity index (χ0n) is 19.1. The molecule has 0 radical (unpaired) electrons. The lowest BCUT2D eigenvalue weighted by Gasteiger charge is -2.40. The molecule has 0 N–H and O–H groups in total. The fourth-order valence-corrected chi connectivity index (χ4v) is 4.52. The predicted octanol–water partition coefficient (Wildman–Crippen LogP) is 4.25. The maximum absolute atomic E-state index is 12.5. The normalized spacial score (nSPS) is 19.0. The van der Waals surface area contributed by atoms with Gasteiger partial charge in [-0.25, -0.2) is 4.79 Å². The Labute approximate surface area is 180 Å². The Bertz CT molecular complexity index is 872. The first kappa shape index (κ1) is 22.2. The van der Waals surface area contributed by atoms with E-state index in [4.69, 9.17) is 4.74 Å². The molecule has 1 aliphatic rings. The largest absolute Gasteiger partial charge is 0.465 e. The average molecular weight is 411 g/mol. The molecule has 0 unspecified atom stereocenters. The Morgan fingerprint density at radius 1 is 1.07 bits per heavy atom.